The monoisotopic (exact) mass is 460 g/mol. The molecule has 10 nitrogen and oxygen atoms in total. The Hall–Kier alpha value is -4.00. The van der Waals surface area contributed by atoms with E-state index in [1.54, 1.807) is 14.0 Å². The number of hydrogen-bond donors (Lipinski definition) is 4. The number of imidazole rings is 1. The fraction of sp³-hybridized carbons (Fsp3) is 0.250. The maximum atomic E-state index is 12.9. The van der Waals surface area contributed by atoms with E-state index in [1.165, 1.54) is 18.5 Å². The zero-order valence-electron chi connectivity index (χ0n) is 17.5. The van der Waals surface area contributed by atoms with Gasteiger partial charge in [-0.05, 0) is 32.2 Å². The molecule has 4 aromatic rings. The number of fused-ring (bicyclic) bond motifs is 1. The Bertz CT molecular complexity index is 1310. The number of H-pyrrole nitrogens is 1. The Kier molecular flexibility index (Phi) is 5.72. The average molecular weight is 460 g/mol. The number of nitrogens with zero attached hydrogens (tertiary/aromatic N) is 4. The van der Waals surface area contributed by atoms with Crippen LogP contribution in [0.4, 0.5) is 19.0 Å². The van der Waals surface area contributed by atoms with Gasteiger partial charge in [-0.25, -0.2) is 15.0 Å². The Morgan fingerprint density at radius 2 is 2.06 bits per heavy atom. The number of carbonyl (C=O) groups is 1. The Morgan fingerprint density at radius 1 is 1.27 bits per heavy atom. The van der Waals surface area contributed by atoms with Crippen molar-refractivity contribution in [1.82, 2.24) is 35.7 Å². The van der Waals surface area contributed by atoms with E-state index >= 15 is 0 Å². The van der Waals surface area contributed by atoms with E-state index in [0.29, 0.717) is 23.4 Å². The molecule has 1 atom stereocenters. The van der Waals surface area contributed by atoms with E-state index in [-0.39, 0.29) is 28.5 Å². The molecule has 4 rings (SSSR count). The number of rotatable bonds is 6. The van der Waals surface area contributed by atoms with Crippen LogP contribution in [0, 0.1) is 0 Å². The van der Waals surface area contributed by atoms with Gasteiger partial charge in [0.2, 0.25) is 0 Å². The van der Waals surface area contributed by atoms with Crippen molar-refractivity contribution < 1.29 is 22.5 Å². The van der Waals surface area contributed by atoms with Crippen molar-refractivity contribution in [3.05, 3.63) is 53.2 Å². The van der Waals surface area contributed by atoms with Crippen LogP contribution in [-0.2, 0) is 12.7 Å². The molecule has 3 heterocycles. The van der Waals surface area contributed by atoms with Crippen molar-refractivity contribution in [2.75, 3.05) is 12.8 Å². The summed E-state index contributed by atoms with van der Waals surface area (Å²) < 4.78 is 44.1. The molecular weight excluding hydrogens is 441 g/mol. The van der Waals surface area contributed by atoms with Crippen LogP contribution in [0.25, 0.3) is 22.6 Å². The number of anilines is 1. The molecule has 3 aromatic heterocycles. The highest BCUT2D eigenvalue weighted by Crippen LogP contribution is 2.32. The summed E-state index contributed by atoms with van der Waals surface area (Å²) in [6.45, 7) is 1.98. The smallest absolute Gasteiger partial charge is 0.383 e. The quantitative estimate of drug-likeness (QED) is 0.343. The molecule has 0 saturated carbocycles. The number of amides is 1. The topological polar surface area (TPSA) is 148 Å². The number of nitrogens with two attached hydrogens (primary N) is 1. The maximum absolute atomic E-state index is 12.9. The summed E-state index contributed by atoms with van der Waals surface area (Å²) in [6.07, 6.45) is -3.26. The second kappa shape index (κ2) is 8.50. The molecule has 1 amide bonds. The molecule has 0 aliphatic rings. The van der Waals surface area contributed by atoms with Crippen molar-refractivity contribution in [1.29, 1.82) is 0 Å². The van der Waals surface area contributed by atoms with Crippen LogP contribution in [0.3, 0.4) is 0 Å². The Morgan fingerprint density at radius 3 is 2.79 bits per heavy atom. The first kappa shape index (κ1) is 22.2. The van der Waals surface area contributed by atoms with Gasteiger partial charge in [0.1, 0.15) is 23.5 Å². The Labute approximate surface area is 184 Å². The fourth-order valence-electron chi connectivity index (χ4n) is 3.22. The van der Waals surface area contributed by atoms with Gasteiger partial charge in [-0.1, -0.05) is 5.16 Å². The highest BCUT2D eigenvalue weighted by atomic mass is 19.4. The normalized spacial score (nSPS) is 12.8. The number of aromatic amines is 1. The Balaban J connectivity index is 1.54. The number of alkyl halides is 3. The molecule has 0 saturated heterocycles. The van der Waals surface area contributed by atoms with E-state index in [4.69, 9.17) is 10.3 Å². The van der Waals surface area contributed by atoms with Crippen LogP contribution >= 0.6 is 0 Å². The van der Waals surface area contributed by atoms with Gasteiger partial charge in [0.25, 0.3) is 5.91 Å². The molecule has 1 unspecified atom stereocenters. The number of benzene rings is 1. The SMILES string of the molecule is CNCc1c(N)ncnc1C(=O)NC(C)c1cc(-c2nc3ccc(C(F)(F)F)cc3[nH]2)no1. The highest BCUT2D eigenvalue weighted by Gasteiger charge is 2.31. The zero-order valence-corrected chi connectivity index (χ0v) is 17.5. The van der Waals surface area contributed by atoms with Gasteiger partial charge < -0.3 is 25.9 Å². The van der Waals surface area contributed by atoms with E-state index in [9.17, 15) is 18.0 Å². The minimum absolute atomic E-state index is 0.126. The van der Waals surface area contributed by atoms with E-state index in [1.807, 2.05) is 0 Å². The predicted molar refractivity (Wildman–Crippen MR) is 112 cm³/mol. The minimum Gasteiger partial charge on any atom is -0.383 e. The molecular formula is C20H19F3N8O2. The lowest BCUT2D eigenvalue weighted by Crippen LogP contribution is -2.29. The van der Waals surface area contributed by atoms with Crippen molar-refractivity contribution >= 4 is 22.8 Å². The van der Waals surface area contributed by atoms with Gasteiger partial charge in [-0.3, -0.25) is 4.79 Å². The van der Waals surface area contributed by atoms with Gasteiger partial charge in [0.05, 0.1) is 22.6 Å². The minimum atomic E-state index is -4.46. The lowest BCUT2D eigenvalue weighted by Gasteiger charge is -2.13. The van der Waals surface area contributed by atoms with Crippen LogP contribution in [0.15, 0.2) is 35.1 Å². The van der Waals surface area contributed by atoms with Crippen molar-refractivity contribution in [3.63, 3.8) is 0 Å². The number of halogens is 3. The third-order valence-corrected chi connectivity index (χ3v) is 4.90. The number of aromatic nitrogens is 5. The average Bonchev–Trinajstić information content (AvgIpc) is 3.41. The molecule has 5 N–H and O–H groups in total. The summed E-state index contributed by atoms with van der Waals surface area (Å²) in [5, 5.41) is 9.58. The maximum Gasteiger partial charge on any atom is 0.416 e. The fourth-order valence-corrected chi connectivity index (χ4v) is 3.22. The predicted octanol–water partition coefficient (Wildman–Crippen LogP) is 2.82. The first-order chi connectivity index (χ1) is 15.7. The zero-order chi connectivity index (χ0) is 23.8. The molecule has 0 spiro atoms. The number of carbonyl (C=O) groups excluding carboxylic acids is 1. The van der Waals surface area contributed by atoms with Gasteiger partial charge in [-0.2, -0.15) is 13.2 Å². The van der Waals surface area contributed by atoms with E-state index in [0.717, 1.165) is 12.1 Å². The number of nitrogens with one attached hydrogen (secondary N) is 3. The summed E-state index contributed by atoms with van der Waals surface area (Å²) in [5.74, 6) is 0.255. The molecule has 0 aliphatic carbocycles. The molecule has 0 aliphatic heterocycles. The van der Waals surface area contributed by atoms with Crippen molar-refractivity contribution in [3.8, 4) is 11.5 Å². The van der Waals surface area contributed by atoms with Crippen LogP contribution in [0.1, 0.15) is 40.3 Å². The van der Waals surface area contributed by atoms with Gasteiger partial charge in [0.15, 0.2) is 11.6 Å². The summed E-state index contributed by atoms with van der Waals surface area (Å²) in [4.78, 5) is 27.7. The summed E-state index contributed by atoms with van der Waals surface area (Å²) in [6, 6.07) is 4.15. The lowest BCUT2D eigenvalue weighted by atomic mass is 10.1. The molecule has 33 heavy (non-hydrogen) atoms. The molecule has 0 fully saturated rings. The first-order valence-corrected chi connectivity index (χ1v) is 9.76. The molecule has 1 aromatic carbocycles. The first-order valence-electron chi connectivity index (χ1n) is 9.76. The van der Waals surface area contributed by atoms with E-state index in [2.05, 4.69) is 35.7 Å². The highest BCUT2D eigenvalue weighted by molar-refractivity contribution is 5.94. The van der Waals surface area contributed by atoms with E-state index < -0.39 is 23.7 Å². The second-order valence-corrected chi connectivity index (χ2v) is 7.24. The molecule has 172 valence electrons. The van der Waals surface area contributed by atoms with Gasteiger partial charge in [-0.15, -0.1) is 0 Å². The van der Waals surface area contributed by atoms with Gasteiger partial charge in [0, 0.05) is 18.2 Å². The van der Waals surface area contributed by atoms with Gasteiger partial charge >= 0.3 is 6.18 Å². The van der Waals surface area contributed by atoms with Crippen molar-refractivity contribution in [2.45, 2.75) is 25.7 Å². The van der Waals surface area contributed by atoms with Crippen LogP contribution < -0.4 is 16.4 Å². The molecule has 0 radical (unpaired) electrons. The summed E-state index contributed by atoms with van der Waals surface area (Å²) in [7, 11) is 1.70. The summed E-state index contributed by atoms with van der Waals surface area (Å²) in [5.41, 5.74) is 6.49. The summed E-state index contributed by atoms with van der Waals surface area (Å²) >= 11 is 0. The number of hydrogen-bond acceptors (Lipinski definition) is 8. The van der Waals surface area contributed by atoms with Crippen LogP contribution in [0.2, 0.25) is 0 Å². The standard InChI is InChI=1S/C20H19F3N8O2/c1-9(28-19(32)16-11(7-25-2)17(24)27-8-26-16)15-6-14(31-33-15)18-29-12-4-3-10(20(21,22)23)5-13(12)30-18/h3-6,8-9,25H,7H2,1-2H3,(H,28,32)(H,29,30)(H2,24,26,27). The largest absolute Gasteiger partial charge is 0.416 e. The van der Waals surface area contributed by atoms with Crippen LogP contribution in [-0.4, -0.2) is 38.0 Å². The second-order valence-electron chi connectivity index (χ2n) is 7.24. The number of nitrogen functional groups attached to an aromatic ring is 1. The molecule has 0 bridgehead atoms. The van der Waals surface area contributed by atoms with Crippen LogP contribution in [0.5, 0.6) is 0 Å². The third kappa shape index (κ3) is 4.48. The van der Waals surface area contributed by atoms with Crippen molar-refractivity contribution in [2.24, 2.45) is 0 Å². The lowest BCUT2D eigenvalue weighted by molar-refractivity contribution is -0.137. The molecule has 13 heteroatoms. The third-order valence-electron chi connectivity index (χ3n) is 4.90.